The molecule has 28 heavy (non-hydrogen) atoms. The van der Waals surface area contributed by atoms with Gasteiger partial charge in [0.05, 0.1) is 22.9 Å². The number of nitrogens with zero attached hydrogens (tertiary/aromatic N) is 1. The third-order valence-electron chi connectivity index (χ3n) is 4.16. The number of methoxy groups -OCH3 is 1. The van der Waals surface area contributed by atoms with E-state index in [-0.39, 0.29) is 17.2 Å². The summed E-state index contributed by atoms with van der Waals surface area (Å²) in [4.78, 5) is 15.9. The van der Waals surface area contributed by atoms with Gasteiger partial charge in [-0.3, -0.25) is 4.79 Å². The van der Waals surface area contributed by atoms with Crippen LogP contribution in [-0.4, -0.2) is 26.8 Å². The summed E-state index contributed by atoms with van der Waals surface area (Å²) in [6.45, 7) is 1.75. The molecule has 0 aliphatic heterocycles. The molecule has 146 valence electrons. The van der Waals surface area contributed by atoms with Crippen LogP contribution in [0.5, 0.6) is 11.6 Å². The van der Waals surface area contributed by atoms with E-state index in [1.54, 1.807) is 19.1 Å². The third-order valence-corrected chi connectivity index (χ3v) is 5.35. The minimum absolute atomic E-state index is 0.0308. The largest absolute Gasteiger partial charge is 0.469 e. The van der Waals surface area contributed by atoms with Gasteiger partial charge in [-0.2, -0.15) is 0 Å². The van der Waals surface area contributed by atoms with Crippen LogP contribution in [0, 0.1) is 12.7 Å². The highest BCUT2D eigenvalue weighted by molar-refractivity contribution is 9.10. The number of fused-ring (bicyclic) bond motifs is 1. The second-order valence-corrected chi connectivity index (χ2v) is 7.74. The Morgan fingerprint density at radius 1 is 1.32 bits per heavy atom. The summed E-state index contributed by atoms with van der Waals surface area (Å²) < 4.78 is 45.3. The first-order valence-electron chi connectivity index (χ1n) is 8.03. The molecule has 1 N–H and O–H groups in total. The molecule has 0 radical (unpaired) electrons. The van der Waals surface area contributed by atoms with Crippen LogP contribution in [0.4, 0.5) is 4.39 Å². The second kappa shape index (κ2) is 8.34. The lowest BCUT2D eigenvalue weighted by molar-refractivity contribution is -0.139. The average molecular weight is 468 g/mol. The molecule has 0 saturated carbocycles. The molecule has 1 aromatic heterocycles. The van der Waals surface area contributed by atoms with Gasteiger partial charge in [0.2, 0.25) is 5.88 Å². The fraction of sp³-hybridized carbons (Fsp3) is 0.158. The van der Waals surface area contributed by atoms with Gasteiger partial charge in [-0.25, -0.2) is 13.6 Å². The van der Waals surface area contributed by atoms with Crippen LogP contribution in [0.1, 0.15) is 11.1 Å². The van der Waals surface area contributed by atoms with E-state index >= 15 is 0 Å². The Kier molecular flexibility index (Phi) is 6.07. The van der Waals surface area contributed by atoms with Gasteiger partial charge < -0.3 is 14.0 Å². The van der Waals surface area contributed by atoms with Crippen molar-refractivity contribution < 1.29 is 27.4 Å². The highest BCUT2D eigenvalue weighted by Crippen LogP contribution is 2.38. The second-order valence-electron chi connectivity index (χ2n) is 5.92. The van der Waals surface area contributed by atoms with Crippen molar-refractivity contribution in [3.05, 3.63) is 57.9 Å². The summed E-state index contributed by atoms with van der Waals surface area (Å²) in [5.41, 5.74) is 1.30. The number of aromatic nitrogens is 1. The molecule has 0 spiro atoms. The first kappa shape index (κ1) is 20.4. The fourth-order valence-electron chi connectivity index (χ4n) is 2.71. The number of rotatable bonds is 5. The lowest BCUT2D eigenvalue weighted by Crippen LogP contribution is -2.07. The Morgan fingerprint density at radius 2 is 2.07 bits per heavy atom. The minimum atomic E-state index is -2.18. The number of hydrogen-bond acceptors (Lipinski definition) is 5. The lowest BCUT2D eigenvalue weighted by atomic mass is 9.98. The van der Waals surface area contributed by atoms with E-state index in [0.717, 1.165) is 0 Å². The normalized spacial score (nSPS) is 12.0. The van der Waals surface area contributed by atoms with Crippen LogP contribution in [0.2, 0.25) is 0 Å². The number of ether oxygens (including phenoxy) is 2. The van der Waals surface area contributed by atoms with Gasteiger partial charge in [0.25, 0.3) is 0 Å². The molecule has 6 nitrogen and oxygen atoms in total. The van der Waals surface area contributed by atoms with E-state index in [4.69, 9.17) is 9.47 Å². The number of hydrogen-bond donors (Lipinski definition) is 1. The molecule has 1 atom stereocenters. The molecule has 0 bridgehead atoms. The molecule has 3 rings (SSSR count). The van der Waals surface area contributed by atoms with Gasteiger partial charge in [-0.15, -0.1) is 0 Å². The molecule has 0 fully saturated rings. The van der Waals surface area contributed by atoms with Gasteiger partial charge in [-0.1, -0.05) is 12.1 Å². The standard InChI is InChI=1S/C19H15BrFNO5S/c1-10-12(6-17(23)26-2)5-11-3-4-13(21)7-15(11)18(10)27-19-16(20)8-14(9-22-19)28(24)25/h3-5,7-9H,6H2,1-2H3,(H,24,25). The van der Waals surface area contributed by atoms with Crippen molar-refractivity contribution in [2.45, 2.75) is 18.2 Å². The number of pyridine rings is 1. The molecular weight excluding hydrogens is 453 g/mol. The van der Waals surface area contributed by atoms with Gasteiger partial charge in [0, 0.05) is 11.6 Å². The monoisotopic (exact) mass is 467 g/mol. The number of carbonyl (C=O) groups excluding carboxylic acids is 1. The maximum Gasteiger partial charge on any atom is 0.309 e. The molecule has 0 aliphatic rings. The molecule has 9 heteroatoms. The average Bonchev–Trinajstić information content (AvgIpc) is 2.66. The molecule has 1 heterocycles. The molecule has 0 saturated heterocycles. The first-order valence-corrected chi connectivity index (χ1v) is 9.93. The summed E-state index contributed by atoms with van der Waals surface area (Å²) in [5, 5.41) is 1.19. The zero-order chi connectivity index (χ0) is 20.4. The zero-order valence-electron chi connectivity index (χ0n) is 14.9. The van der Waals surface area contributed by atoms with Gasteiger partial charge in [0.15, 0.2) is 11.1 Å². The minimum Gasteiger partial charge on any atom is -0.469 e. The van der Waals surface area contributed by atoms with Crippen LogP contribution in [0.3, 0.4) is 0 Å². The van der Waals surface area contributed by atoms with Gasteiger partial charge >= 0.3 is 5.97 Å². The van der Waals surface area contributed by atoms with Crippen molar-refractivity contribution in [3.63, 3.8) is 0 Å². The Balaban J connectivity index is 2.15. The maximum absolute atomic E-state index is 13.9. The van der Waals surface area contributed by atoms with E-state index in [1.165, 1.54) is 31.5 Å². The predicted octanol–water partition coefficient (Wildman–Crippen LogP) is 4.53. The predicted molar refractivity (Wildman–Crippen MR) is 105 cm³/mol. The third kappa shape index (κ3) is 4.21. The number of carbonyl (C=O) groups is 1. The van der Waals surface area contributed by atoms with Crippen LogP contribution < -0.4 is 4.74 Å². The van der Waals surface area contributed by atoms with Gasteiger partial charge in [0.1, 0.15) is 11.6 Å². The van der Waals surface area contributed by atoms with Crippen LogP contribution >= 0.6 is 15.9 Å². The summed E-state index contributed by atoms with van der Waals surface area (Å²) in [5.74, 6) is -0.375. The van der Waals surface area contributed by atoms with Crippen molar-refractivity contribution in [1.29, 1.82) is 0 Å². The molecule has 3 aromatic rings. The highest BCUT2D eigenvalue weighted by Gasteiger charge is 2.18. The molecule has 2 aromatic carbocycles. The zero-order valence-corrected chi connectivity index (χ0v) is 17.3. The van der Waals surface area contributed by atoms with Crippen LogP contribution in [-0.2, 0) is 27.0 Å². The van der Waals surface area contributed by atoms with E-state index < -0.39 is 22.9 Å². The van der Waals surface area contributed by atoms with E-state index in [1.807, 2.05) is 0 Å². The molecule has 0 aliphatic carbocycles. The number of benzene rings is 2. The van der Waals surface area contributed by atoms with Crippen LogP contribution in [0.15, 0.2) is 45.9 Å². The quantitative estimate of drug-likeness (QED) is 0.438. The van der Waals surface area contributed by atoms with Crippen molar-refractivity contribution in [3.8, 4) is 11.6 Å². The Bertz CT molecular complexity index is 1110. The van der Waals surface area contributed by atoms with E-state index in [2.05, 4.69) is 20.9 Å². The Labute approximate surface area is 171 Å². The van der Waals surface area contributed by atoms with E-state index in [0.29, 0.717) is 32.1 Å². The van der Waals surface area contributed by atoms with Gasteiger partial charge in [-0.05, 0) is 57.6 Å². The number of halogens is 2. The topological polar surface area (TPSA) is 85.7 Å². The lowest BCUT2D eigenvalue weighted by Gasteiger charge is -2.16. The van der Waals surface area contributed by atoms with E-state index in [9.17, 15) is 17.9 Å². The van der Waals surface area contributed by atoms with Crippen molar-refractivity contribution in [2.75, 3.05) is 7.11 Å². The summed E-state index contributed by atoms with van der Waals surface area (Å²) in [7, 11) is 1.30. The van der Waals surface area contributed by atoms with Crippen LogP contribution in [0.25, 0.3) is 10.8 Å². The summed E-state index contributed by atoms with van der Waals surface area (Å²) in [6.07, 6.45) is 1.25. The number of esters is 1. The maximum atomic E-state index is 13.9. The highest BCUT2D eigenvalue weighted by atomic mass is 79.9. The Morgan fingerprint density at radius 3 is 2.71 bits per heavy atom. The van der Waals surface area contributed by atoms with Crippen molar-refractivity contribution in [1.82, 2.24) is 4.98 Å². The Hall–Kier alpha value is -2.36. The SMILES string of the molecule is COC(=O)Cc1cc2ccc(F)cc2c(Oc2ncc(S(=O)O)cc2Br)c1C. The smallest absolute Gasteiger partial charge is 0.309 e. The summed E-state index contributed by atoms with van der Waals surface area (Å²) in [6, 6.07) is 7.45. The molecule has 1 unspecified atom stereocenters. The molecule has 0 amide bonds. The van der Waals surface area contributed by atoms with Crippen molar-refractivity contribution in [2.24, 2.45) is 0 Å². The van der Waals surface area contributed by atoms with Crippen molar-refractivity contribution >= 4 is 43.8 Å². The first-order chi connectivity index (χ1) is 13.3. The summed E-state index contributed by atoms with van der Waals surface area (Å²) >= 11 is 1.08. The fourth-order valence-corrected chi connectivity index (χ4v) is 3.66. The molecular formula is C19H15BrFNO5S.